The summed E-state index contributed by atoms with van der Waals surface area (Å²) >= 11 is 1.82. The molecule has 3 rings (SSSR count). The van der Waals surface area contributed by atoms with Crippen LogP contribution in [0.15, 0.2) is 28.7 Å². The maximum absolute atomic E-state index is 5.51. The second-order valence-electron chi connectivity index (χ2n) is 7.10. The summed E-state index contributed by atoms with van der Waals surface area (Å²) in [5.74, 6) is 1.76. The Bertz CT molecular complexity index is 782. The Hall–Kier alpha value is -2.28. The summed E-state index contributed by atoms with van der Waals surface area (Å²) in [6.45, 7) is 9.68. The van der Waals surface area contributed by atoms with Gasteiger partial charge in [-0.2, -0.15) is 0 Å². The smallest absolute Gasteiger partial charge is 0.191 e. The van der Waals surface area contributed by atoms with Crippen molar-refractivity contribution < 1.29 is 4.74 Å². The fraction of sp³-hybridized carbons (Fsp3) is 0.524. The molecule has 1 fully saturated rings. The van der Waals surface area contributed by atoms with Crippen molar-refractivity contribution >= 4 is 22.3 Å². The summed E-state index contributed by atoms with van der Waals surface area (Å²) in [6.07, 6.45) is 4.08. The third-order valence-electron chi connectivity index (χ3n) is 5.13. The van der Waals surface area contributed by atoms with Gasteiger partial charge in [-0.25, -0.2) is 4.99 Å². The summed E-state index contributed by atoms with van der Waals surface area (Å²) in [7, 11) is 1.70. The molecule has 0 radical (unpaired) electrons. The van der Waals surface area contributed by atoms with Crippen LogP contribution < -0.4 is 20.3 Å². The van der Waals surface area contributed by atoms with Crippen LogP contribution >= 0.6 is 11.3 Å². The minimum Gasteiger partial charge on any atom is -0.496 e. The van der Waals surface area contributed by atoms with Gasteiger partial charge in [-0.05, 0) is 51.1 Å². The molecule has 6 nitrogen and oxygen atoms in total. The molecule has 7 heteroatoms. The second-order valence-corrected chi connectivity index (χ2v) is 8.02. The topological polar surface area (TPSA) is 61.8 Å². The number of pyridine rings is 1. The first-order valence-corrected chi connectivity index (χ1v) is 10.8. The molecule has 0 saturated carbocycles. The molecule has 2 N–H and O–H groups in total. The average Bonchev–Trinajstić information content (AvgIpc) is 3.23. The van der Waals surface area contributed by atoms with Crippen molar-refractivity contribution in [2.75, 3.05) is 31.6 Å². The minimum atomic E-state index is 0.440. The first kappa shape index (κ1) is 20.5. The predicted octanol–water partition coefficient (Wildman–Crippen LogP) is 3.49. The van der Waals surface area contributed by atoms with Gasteiger partial charge < -0.3 is 20.3 Å². The maximum atomic E-state index is 5.51. The summed E-state index contributed by atoms with van der Waals surface area (Å²) in [5, 5.41) is 10.5. The largest absolute Gasteiger partial charge is 0.496 e. The summed E-state index contributed by atoms with van der Waals surface area (Å²) in [4.78, 5) is 11.8. The van der Waals surface area contributed by atoms with E-state index in [1.807, 2.05) is 31.4 Å². The van der Waals surface area contributed by atoms with Crippen molar-refractivity contribution in [3.05, 3.63) is 40.5 Å². The number of nitrogens with zero attached hydrogens (tertiary/aromatic N) is 3. The number of rotatable bonds is 6. The van der Waals surface area contributed by atoms with Crippen molar-refractivity contribution in [3.8, 4) is 5.75 Å². The van der Waals surface area contributed by atoms with Crippen LogP contribution in [0.1, 0.15) is 36.6 Å². The fourth-order valence-electron chi connectivity index (χ4n) is 3.59. The highest BCUT2D eigenvalue weighted by Crippen LogP contribution is 2.25. The molecular weight excluding hydrogens is 370 g/mol. The molecule has 0 bridgehead atoms. The lowest BCUT2D eigenvalue weighted by molar-refractivity contribution is 0.407. The van der Waals surface area contributed by atoms with Crippen LogP contribution in [-0.4, -0.2) is 43.7 Å². The molecular formula is C21H31N5OS. The number of anilines is 1. The number of aliphatic imine (C=N–C) groups is 1. The molecule has 0 amide bonds. The van der Waals surface area contributed by atoms with Crippen LogP contribution in [0.3, 0.4) is 0 Å². The molecule has 1 aliphatic rings. The number of thiophene rings is 1. The zero-order chi connectivity index (χ0) is 19.9. The van der Waals surface area contributed by atoms with E-state index >= 15 is 0 Å². The van der Waals surface area contributed by atoms with E-state index in [0.29, 0.717) is 12.6 Å². The van der Waals surface area contributed by atoms with E-state index in [1.165, 1.54) is 5.00 Å². The lowest BCUT2D eigenvalue weighted by Crippen LogP contribution is -2.48. The van der Waals surface area contributed by atoms with Crippen molar-refractivity contribution in [3.63, 3.8) is 0 Å². The second kappa shape index (κ2) is 9.78. The van der Waals surface area contributed by atoms with E-state index in [0.717, 1.165) is 61.0 Å². The molecule has 1 aliphatic heterocycles. The SMILES string of the molecule is CCNC(=NCc1ncc(C)c(OC)c1C)NC1CCN(c2cccs2)CC1. The van der Waals surface area contributed by atoms with Crippen molar-refractivity contribution in [1.82, 2.24) is 15.6 Å². The molecule has 152 valence electrons. The van der Waals surface area contributed by atoms with Crippen molar-refractivity contribution in [2.24, 2.45) is 4.99 Å². The van der Waals surface area contributed by atoms with Gasteiger partial charge >= 0.3 is 0 Å². The number of methoxy groups -OCH3 is 1. The minimum absolute atomic E-state index is 0.440. The Morgan fingerprint density at radius 3 is 2.79 bits per heavy atom. The standard InChI is InChI=1S/C21H31N5OS/c1-5-22-21(24-14-18-16(3)20(27-4)15(2)13-23-18)25-17-8-10-26(11-9-17)19-7-6-12-28-19/h6-7,12-13,17H,5,8-11,14H2,1-4H3,(H2,22,24,25). The van der Waals surface area contributed by atoms with Crippen LogP contribution in [-0.2, 0) is 6.54 Å². The van der Waals surface area contributed by atoms with E-state index < -0.39 is 0 Å². The van der Waals surface area contributed by atoms with E-state index in [9.17, 15) is 0 Å². The molecule has 1 saturated heterocycles. The zero-order valence-corrected chi connectivity index (χ0v) is 18.1. The Morgan fingerprint density at radius 1 is 1.36 bits per heavy atom. The first-order chi connectivity index (χ1) is 13.6. The third-order valence-corrected chi connectivity index (χ3v) is 6.06. The highest BCUT2D eigenvalue weighted by atomic mass is 32.1. The van der Waals surface area contributed by atoms with Gasteiger partial charge in [-0.3, -0.25) is 4.98 Å². The average molecular weight is 402 g/mol. The van der Waals surface area contributed by atoms with Crippen molar-refractivity contribution in [2.45, 2.75) is 46.2 Å². The number of aromatic nitrogens is 1. The van der Waals surface area contributed by atoms with Gasteiger partial charge in [0.25, 0.3) is 0 Å². The molecule has 0 aromatic carbocycles. The van der Waals surface area contributed by atoms with Crippen LogP contribution in [0.25, 0.3) is 0 Å². The number of nitrogens with one attached hydrogen (secondary N) is 2. The number of aryl methyl sites for hydroxylation is 1. The molecule has 3 heterocycles. The highest BCUT2D eigenvalue weighted by molar-refractivity contribution is 7.14. The first-order valence-electron chi connectivity index (χ1n) is 9.94. The number of hydrogen-bond acceptors (Lipinski definition) is 5. The predicted molar refractivity (Wildman–Crippen MR) is 118 cm³/mol. The van der Waals surface area contributed by atoms with Gasteiger partial charge in [0.2, 0.25) is 0 Å². The van der Waals surface area contributed by atoms with Gasteiger partial charge in [0.1, 0.15) is 5.75 Å². The number of hydrogen-bond donors (Lipinski definition) is 2. The Labute approximate surface area is 172 Å². The summed E-state index contributed by atoms with van der Waals surface area (Å²) in [5.41, 5.74) is 3.06. The van der Waals surface area contributed by atoms with Crippen LogP contribution in [0.4, 0.5) is 5.00 Å². The highest BCUT2D eigenvalue weighted by Gasteiger charge is 2.20. The Balaban J connectivity index is 1.61. The number of ether oxygens (including phenoxy) is 1. The molecule has 0 spiro atoms. The van der Waals surface area contributed by atoms with E-state index in [-0.39, 0.29) is 0 Å². The van der Waals surface area contributed by atoms with E-state index in [1.54, 1.807) is 7.11 Å². The Morgan fingerprint density at radius 2 is 2.14 bits per heavy atom. The zero-order valence-electron chi connectivity index (χ0n) is 17.3. The Kier molecular flexibility index (Phi) is 7.14. The normalized spacial score (nSPS) is 15.6. The fourth-order valence-corrected chi connectivity index (χ4v) is 4.38. The van der Waals surface area contributed by atoms with Gasteiger partial charge in [0.05, 0.1) is 24.3 Å². The third kappa shape index (κ3) is 4.95. The van der Waals surface area contributed by atoms with E-state index in [4.69, 9.17) is 9.73 Å². The lowest BCUT2D eigenvalue weighted by Gasteiger charge is -2.33. The van der Waals surface area contributed by atoms with Crippen LogP contribution in [0.2, 0.25) is 0 Å². The monoisotopic (exact) mass is 401 g/mol. The molecule has 2 aromatic rings. The lowest BCUT2D eigenvalue weighted by atomic mass is 10.1. The quantitative estimate of drug-likeness (QED) is 0.573. The molecule has 2 aromatic heterocycles. The van der Waals surface area contributed by atoms with Crippen LogP contribution in [0, 0.1) is 13.8 Å². The molecule has 0 atom stereocenters. The number of guanidine groups is 1. The maximum Gasteiger partial charge on any atom is 0.191 e. The van der Waals surface area contributed by atoms with E-state index in [2.05, 4.69) is 45.0 Å². The summed E-state index contributed by atoms with van der Waals surface area (Å²) < 4.78 is 5.51. The van der Waals surface area contributed by atoms with Crippen LogP contribution in [0.5, 0.6) is 5.75 Å². The van der Waals surface area contributed by atoms with Crippen molar-refractivity contribution in [1.29, 1.82) is 0 Å². The van der Waals surface area contributed by atoms with Gasteiger partial charge in [-0.15, -0.1) is 11.3 Å². The molecule has 0 unspecified atom stereocenters. The van der Waals surface area contributed by atoms with Gasteiger partial charge in [0.15, 0.2) is 5.96 Å². The molecule has 0 aliphatic carbocycles. The van der Waals surface area contributed by atoms with Gasteiger partial charge in [-0.1, -0.05) is 0 Å². The number of piperidine rings is 1. The molecule has 28 heavy (non-hydrogen) atoms. The summed E-state index contributed by atoms with van der Waals surface area (Å²) in [6, 6.07) is 4.77. The van der Waals surface area contributed by atoms with Gasteiger partial charge in [0, 0.05) is 43.0 Å².